The molecule has 0 aliphatic rings. The van der Waals surface area contributed by atoms with Crippen LogP contribution in [0.1, 0.15) is 69.2 Å². The summed E-state index contributed by atoms with van der Waals surface area (Å²) in [7, 11) is -2.13. The minimum atomic E-state index is -2.13. The largest absolute Gasteiger partial charge is 0.459 e. The molecule has 0 saturated carbocycles. The molecule has 37 heavy (non-hydrogen) atoms. The van der Waals surface area contributed by atoms with Crippen molar-refractivity contribution in [1.29, 1.82) is 0 Å². The first kappa shape index (κ1) is 30.5. The van der Waals surface area contributed by atoms with Crippen molar-refractivity contribution in [3.8, 4) is 0 Å². The highest BCUT2D eigenvalue weighted by molar-refractivity contribution is 6.73. The fourth-order valence-electron chi connectivity index (χ4n) is 4.66. The van der Waals surface area contributed by atoms with E-state index in [4.69, 9.17) is 13.9 Å². The molecule has 0 bridgehead atoms. The van der Waals surface area contributed by atoms with Gasteiger partial charge in [-0.3, -0.25) is 4.79 Å². The van der Waals surface area contributed by atoms with Crippen LogP contribution < -0.4 is 0 Å². The lowest BCUT2D eigenvalue weighted by molar-refractivity contribution is -0.132. The molecule has 0 aliphatic heterocycles. The maximum Gasteiger partial charge on any atom is 0.338 e. The summed E-state index contributed by atoms with van der Waals surface area (Å²) in [5.41, 5.74) is 0.862. The zero-order valence-electron chi connectivity index (χ0n) is 23.2. The molecule has 0 aromatic heterocycles. The summed E-state index contributed by atoms with van der Waals surface area (Å²) >= 11 is 0. The first-order valence-corrected chi connectivity index (χ1v) is 15.8. The highest BCUT2D eigenvalue weighted by Crippen LogP contribution is 2.33. The summed E-state index contributed by atoms with van der Waals surface area (Å²) < 4.78 is 18.6. The van der Waals surface area contributed by atoms with Gasteiger partial charge in [0.25, 0.3) is 0 Å². The highest BCUT2D eigenvalue weighted by atomic mass is 28.4. The van der Waals surface area contributed by atoms with Crippen LogP contribution in [0.2, 0.25) is 18.1 Å². The van der Waals surface area contributed by atoms with Gasteiger partial charge in [0.05, 0.1) is 17.2 Å². The molecule has 0 N–H and O–H groups in total. The number of esters is 2. The third-order valence-electron chi connectivity index (χ3n) is 7.52. The highest BCUT2D eigenvalue weighted by Gasteiger charge is 2.43. The second-order valence-corrected chi connectivity index (χ2v) is 14.5. The normalized spacial score (nSPS) is 15.6. The molecule has 6 nitrogen and oxygen atoms in total. The van der Waals surface area contributed by atoms with Crippen LogP contribution in [0, 0.1) is 11.8 Å². The van der Waals surface area contributed by atoms with Crippen molar-refractivity contribution in [2.75, 3.05) is 0 Å². The van der Waals surface area contributed by atoms with Gasteiger partial charge in [0, 0.05) is 11.8 Å². The smallest absolute Gasteiger partial charge is 0.338 e. The van der Waals surface area contributed by atoms with E-state index in [-0.39, 0.29) is 11.7 Å². The first-order chi connectivity index (χ1) is 17.6. The second-order valence-electron chi connectivity index (χ2n) is 9.82. The zero-order chi connectivity index (χ0) is 27.6. The maximum atomic E-state index is 12.9. The van der Waals surface area contributed by atoms with Crippen molar-refractivity contribution >= 4 is 26.0 Å². The predicted octanol–water partition coefficient (Wildman–Crippen LogP) is 6.71. The Morgan fingerprint density at radius 3 is 1.54 bits per heavy atom. The molecule has 0 saturated heterocycles. The third kappa shape index (κ3) is 8.10. The Labute approximate surface area is 222 Å². The van der Waals surface area contributed by atoms with E-state index in [0.29, 0.717) is 11.1 Å². The number of benzene rings is 2. The Hall–Kier alpha value is -2.77. The molecule has 202 valence electrons. The van der Waals surface area contributed by atoms with Crippen molar-refractivity contribution in [2.45, 2.75) is 84.9 Å². The van der Waals surface area contributed by atoms with Crippen LogP contribution in [0.15, 0.2) is 60.7 Å². The van der Waals surface area contributed by atoms with Gasteiger partial charge in [-0.15, -0.1) is 0 Å². The van der Waals surface area contributed by atoms with Gasteiger partial charge in [0.1, 0.15) is 6.10 Å². The summed E-state index contributed by atoms with van der Waals surface area (Å²) in [6, 6.07) is 20.3. The van der Waals surface area contributed by atoms with Gasteiger partial charge >= 0.3 is 11.9 Å². The minimum absolute atomic E-state index is 0.247. The van der Waals surface area contributed by atoms with E-state index >= 15 is 0 Å². The molecular formula is C30H42O6Si. The lowest BCUT2D eigenvalue weighted by Gasteiger charge is -2.41. The summed E-state index contributed by atoms with van der Waals surface area (Å²) in [5.74, 6) is -1.91. The van der Waals surface area contributed by atoms with Crippen molar-refractivity contribution < 1.29 is 28.3 Å². The van der Waals surface area contributed by atoms with Crippen molar-refractivity contribution in [3.63, 3.8) is 0 Å². The van der Waals surface area contributed by atoms with Crippen molar-refractivity contribution in [3.05, 3.63) is 71.8 Å². The van der Waals surface area contributed by atoms with Gasteiger partial charge < -0.3 is 13.9 Å². The second kappa shape index (κ2) is 14.2. The molecule has 0 aliphatic carbocycles. The molecule has 2 aromatic carbocycles. The Morgan fingerprint density at radius 1 is 0.703 bits per heavy atom. The summed E-state index contributed by atoms with van der Waals surface area (Å²) in [6.07, 6.45) is -1.94. The molecule has 2 rings (SSSR count). The quantitative estimate of drug-likeness (QED) is 0.201. The fraction of sp³-hybridized carbons (Fsp3) is 0.500. The predicted molar refractivity (Wildman–Crippen MR) is 148 cm³/mol. The lowest BCUT2D eigenvalue weighted by Crippen LogP contribution is -2.51. The topological polar surface area (TPSA) is 78.9 Å². The van der Waals surface area contributed by atoms with Crippen LogP contribution in [-0.2, 0) is 18.7 Å². The summed E-state index contributed by atoms with van der Waals surface area (Å²) in [4.78, 5) is 38.4. The number of carbonyl (C=O) groups excluding carboxylic acids is 3. The minimum Gasteiger partial charge on any atom is -0.459 e. The monoisotopic (exact) mass is 526 g/mol. The van der Waals surface area contributed by atoms with E-state index in [9.17, 15) is 14.4 Å². The van der Waals surface area contributed by atoms with Crippen LogP contribution in [0.3, 0.4) is 0 Å². The first-order valence-electron chi connectivity index (χ1n) is 13.3. The van der Waals surface area contributed by atoms with Gasteiger partial charge in [-0.05, 0) is 56.2 Å². The maximum absolute atomic E-state index is 12.9. The van der Waals surface area contributed by atoms with Gasteiger partial charge in [-0.1, -0.05) is 71.0 Å². The molecule has 0 fully saturated rings. The van der Waals surface area contributed by atoms with Gasteiger partial charge in [0.2, 0.25) is 0 Å². The number of ketones is 1. The van der Waals surface area contributed by atoms with E-state index in [1.54, 1.807) is 48.5 Å². The molecule has 0 spiro atoms. The van der Waals surface area contributed by atoms with Gasteiger partial charge in [0.15, 0.2) is 20.2 Å². The molecule has 5 atom stereocenters. The van der Waals surface area contributed by atoms with E-state index in [1.807, 2.05) is 32.9 Å². The molecule has 0 radical (unpaired) electrons. The van der Waals surface area contributed by atoms with Crippen LogP contribution in [0.25, 0.3) is 0 Å². The van der Waals surface area contributed by atoms with Gasteiger partial charge in [-0.25, -0.2) is 9.59 Å². The Kier molecular flexibility index (Phi) is 11.7. The third-order valence-corrected chi connectivity index (χ3v) is 12.2. The molecule has 0 heterocycles. The molecular weight excluding hydrogens is 484 g/mol. The average Bonchev–Trinajstić information content (AvgIpc) is 2.92. The molecule has 0 amide bonds. The number of ether oxygens (including phenoxy) is 2. The van der Waals surface area contributed by atoms with E-state index < -0.39 is 44.5 Å². The molecule has 7 heteroatoms. The van der Waals surface area contributed by atoms with E-state index in [1.165, 1.54) is 6.92 Å². The lowest BCUT2D eigenvalue weighted by atomic mass is 9.85. The Morgan fingerprint density at radius 2 is 1.14 bits per heavy atom. The van der Waals surface area contributed by atoms with Crippen LogP contribution in [0.5, 0.6) is 0 Å². The zero-order valence-corrected chi connectivity index (χ0v) is 24.2. The fourth-order valence-corrected chi connectivity index (χ4v) is 7.66. The van der Waals surface area contributed by atoms with E-state index in [0.717, 1.165) is 18.1 Å². The summed E-state index contributed by atoms with van der Waals surface area (Å²) in [6.45, 7) is 13.6. The summed E-state index contributed by atoms with van der Waals surface area (Å²) in [5, 5.41) is 0. The van der Waals surface area contributed by atoms with Crippen molar-refractivity contribution in [1.82, 2.24) is 0 Å². The van der Waals surface area contributed by atoms with E-state index in [2.05, 4.69) is 20.8 Å². The van der Waals surface area contributed by atoms with Crippen LogP contribution in [-0.4, -0.2) is 44.4 Å². The number of Topliss-reactive ketones (excluding diaryl/α,β-unsaturated/α-hetero) is 1. The average molecular weight is 527 g/mol. The Balaban J connectivity index is 2.35. The number of hydrogen-bond donors (Lipinski definition) is 0. The number of carbonyl (C=O) groups is 3. The number of hydrogen-bond acceptors (Lipinski definition) is 6. The van der Waals surface area contributed by atoms with Crippen molar-refractivity contribution in [2.24, 2.45) is 11.8 Å². The standard InChI is InChI=1S/C30H42O6Si/c1-8-37(9-2,10-3)36-27(21(4)24(7)34-29(32)25-17-13-11-14-18-25)22(5)28(23(6)31)35-30(33)26-19-15-12-16-20-26/h11-22,24,27-28H,8-10H2,1-7H3/t21-,22+,24+,27-,28?/m0/s1. The Bertz CT molecular complexity index is 997. The van der Waals surface area contributed by atoms with Crippen LogP contribution in [0.4, 0.5) is 0 Å². The molecule has 1 unspecified atom stereocenters. The number of rotatable bonds is 14. The SMILES string of the molecule is CC[Si](CC)(CC)O[C@@H]([C@@H](C)[C@@H](C)OC(=O)c1ccccc1)[C@@H](C)C(OC(=O)c1ccccc1)C(C)=O. The van der Waals surface area contributed by atoms with Gasteiger partial charge in [-0.2, -0.15) is 0 Å². The molecule has 2 aromatic rings. The van der Waals surface area contributed by atoms with Crippen LogP contribution >= 0.6 is 0 Å².